The van der Waals surface area contributed by atoms with Crippen LogP contribution in [-0.4, -0.2) is 36.5 Å². The standard InChI is InChI=1S/C14H15N3O2/c15-10-13(11-16)9-12-1-3-14(4-2-12)17(5-7-18)6-8-19/h1-4,9,18-19H,5-8H2. The first-order valence-electron chi connectivity index (χ1n) is 5.83. The lowest BCUT2D eigenvalue weighted by Gasteiger charge is -2.22. The van der Waals surface area contributed by atoms with Crippen molar-refractivity contribution >= 4 is 11.8 Å². The fraction of sp³-hybridized carbons (Fsp3) is 0.286. The summed E-state index contributed by atoms with van der Waals surface area (Å²) in [4.78, 5) is 1.85. The van der Waals surface area contributed by atoms with Crippen molar-refractivity contribution in [2.45, 2.75) is 0 Å². The van der Waals surface area contributed by atoms with Crippen LogP contribution in [0.25, 0.3) is 6.08 Å². The fourth-order valence-corrected chi connectivity index (χ4v) is 1.65. The zero-order chi connectivity index (χ0) is 14.1. The Balaban J connectivity index is 2.89. The van der Waals surface area contributed by atoms with Gasteiger partial charge in [-0.3, -0.25) is 0 Å². The summed E-state index contributed by atoms with van der Waals surface area (Å²) in [5.41, 5.74) is 1.68. The Morgan fingerprint density at radius 3 is 2.00 bits per heavy atom. The number of benzene rings is 1. The van der Waals surface area contributed by atoms with Gasteiger partial charge in [0, 0.05) is 18.8 Å². The number of nitriles is 2. The van der Waals surface area contributed by atoms with Crippen molar-refractivity contribution in [1.29, 1.82) is 10.5 Å². The van der Waals surface area contributed by atoms with Gasteiger partial charge in [-0.1, -0.05) is 12.1 Å². The molecule has 0 aliphatic carbocycles. The molecule has 0 radical (unpaired) electrons. The zero-order valence-corrected chi connectivity index (χ0v) is 10.5. The van der Waals surface area contributed by atoms with Crippen molar-refractivity contribution in [1.82, 2.24) is 0 Å². The molecule has 0 unspecified atom stereocenters. The van der Waals surface area contributed by atoms with E-state index in [1.807, 2.05) is 17.0 Å². The Morgan fingerprint density at radius 2 is 1.58 bits per heavy atom. The fourth-order valence-electron chi connectivity index (χ4n) is 1.65. The van der Waals surface area contributed by atoms with Crippen LogP contribution in [0, 0.1) is 22.7 Å². The molecule has 19 heavy (non-hydrogen) atoms. The molecule has 0 saturated carbocycles. The summed E-state index contributed by atoms with van der Waals surface area (Å²) in [7, 11) is 0. The minimum Gasteiger partial charge on any atom is -0.395 e. The van der Waals surface area contributed by atoms with Crippen LogP contribution < -0.4 is 4.90 Å². The first-order chi connectivity index (χ1) is 9.24. The number of anilines is 1. The van der Waals surface area contributed by atoms with Crippen LogP contribution in [0.15, 0.2) is 29.8 Å². The second kappa shape index (κ2) is 7.88. The first-order valence-corrected chi connectivity index (χ1v) is 5.83. The van der Waals surface area contributed by atoms with Crippen molar-refractivity contribution in [3.8, 4) is 12.1 Å². The average molecular weight is 257 g/mol. The van der Waals surface area contributed by atoms with Gasteiger partial charge in [-0.25, -0.2) is 0 Å². The summed E-state index contributed by atoms with van der Waals surface area (Å²) in [5, 5.41) is 35.2. The highest BCUT2D eigenvalue weighted by Crippen LogP contribution is 2.16. The van der Waals surface area contributed by atoms with Gasteiger partial charge >= 0.3 is 0 Å². The van der Waals surface area contributed by atoms with E-state index in [-0.39, 0.29) is 18.8 Å². The topological polar surface area (TPSA) is 91.3 Å². The third kappa shape index (κ3) is 4.44. The minimum atomic E-state index is 0.00860. The number of rotatable bonds is 6. The quantitative estimate of drug-likeness (QED) is 0.739. The van der Waals surface area contributed by atoms with E-state index in [4.69, 9.17) is 20.7 Å². The molecule has 0 spiro atoms. The van der Waals surface area contributed by atoms with Crippen LogP contribution >= 0.6 is 0 Å². The lowest BCUT2D eigenvalue weighted by Crippen LogP contribution is -2.29. The molecular formula is C14H15N3O2. The molecule has 98 valence electrons. The highest BCUT2D eigenvalue weighted by Gasteiger charge is 2.04. The van der Waals surface area contributed by atoms with Gasteiger partial charge < -0.3 is 15.1 Å². The van der Waals surface area contributed by atoms with Gasteiger partial charge in [0.05, 0.1) is 13.2 Å². The van der Waals surface area contributed by atoms with Crippen LogP contribution in [0.2, 0.25) is 0 Å². The Hall–Kier alpha value is -2.34. The molecule has 0 atom stereocenters. The first kappa shape index (κ1) is 14.7. The molecule has 0 aromatic heterocycles. The molecule has 0 heterocycles. The van der Waals surface area contributed by atoms with Gasteiger partial charge in [0.2, 0.25) is 0 Å². The highest BCUT2D eigenvalue weighted by atomic mass is 16.3. The summed E-state index contributed by atoms with van der Waals surface area (Å²) in [6, 6.07) is 10.8. The molecule has 0 fully saturated rings. The van der Waals surface area contributed by atoms with E-state index in [2.05, 4.69) is 0 Å². The van der Waals surface area contributed by atoms with Crippen molar-refractivity contribution in [3.05, 3.63) is 35.4 Å². The monoisotopic (exact) mass is 257 g/mol. The lowest BCUT2D eigenvalue weighted by atomic mass is 10.1. The van der Waals surface area contributed by atoms with Gasteiger partial charge in [0.1, 0.15) is 17.7 Å². The maximum absolute atomic E-state index is 8.96. The predicted octanol–water partition coefficient (Wildman–Crippen LogP) is 0.908. The molecule has 5 heteroatoms. The van der Waals surface area contributed by atoms with Crippen LogP contribution in [-0.2, 0) is 0 Å². The van der Waals surface area contributed by atoms with Crippen molar-refractivity contribution in [3.63, 3.8) is 0 Å². The van der Waals surface area contributed by atoms with E-state index in [9.17, 15) is 0 Å². The van der Waals surface area contributed by atoms with Gasteiger partial charge in [0.15, 0.2) is 0 Å². The number of hydrogen-bond donors (Lipinski definition) is 2. The summed E-state index contributed by atoms with van der Waals surface area (Å²) < 4.78 is 0. The third-order valence-electron chi connectivity index (χ3n) is 2.55. The molecule has 5 nitrogen and oxygen atoms in total. The van der Waals surface area contributed by atoms with E-state index >= 15 is 0 Å². The molecule has 0 aliphatic heterocycles. The normalized spacial score (nSPS) is 9.26. The molecule has 1 aromatic carbocycles. The Kier molecular flexibility index (Phi) is 6.11. The number of aliphatic hydroxyl groups is 2. The Labute approximate surface area is 112 Å². The van der Waals surface area contributed by atoms with Gasteiger partial charge in [-0.15, -0.1) is 0 Å². The second-order valence-electron chi connectivity index (χ2n) is 3.81. The molecule has 1 aromatic rings. The van der Waals surface area contributed by atoms with Crippen LogP contribution in [0.5, 0.6) is 0 Å². The summed E-state index contributed by atoms with van der Waals surface area (Å²) in [5.74, 6) is 0. The molecular weight excluding hydrogens is 242 g/mol. The van der Waals surface area contributed by atoms with Crippen LogP contribution in [0.3, 0.4) is 0 Å². The van der Waals surface area contributed by atoms with E-state index in [1.54, 1.807) is 24.3 Å². The largest absolute Gasteiger partial charge is 0.395 e. The second-order valence-corrected chi connectivity index (χ2v) is 3.81. The van der Waals surface area contributed by atoms with Gasteiger partial charge in [0.25, 0.3) is 0 Å². The summed E-state index contributed by atoms with van der Waals surface area (Å²) in [6.45, 7) is 0.901. The molecule has 0 amide bonds. The molecule has 2 N–H and O–H groups in total. The Morgan fingerprint density at radius 1 is 1.05 bits per heavy atom. The zero-order valence-electron chi connectivity index (χ0n) is 10.5. The van der Waals surface area contributed by atoms with E-state index in [1.165, 1.54) is 6.08 Å². The van der Waals surface area contributed by atoms with Gasteiger partial charge in [-0.2, -0.15) is 10.5 Å². The predicted molar refractivity (Wildman–Crippen MR) is 72.0 cm³/mol. The number of allylic oxidation sites excluding steroid dienone is 1. The van der Waals surface area contributed by atoms with Crippen molar-refractivity contribution in [2.75, 3.05) is 31.2 Å². The van der Waals surface area contributed by atoms with Crippen LogP contribution in [0.4, 0.5) is 5.69 Å². The number of nitrogens with zero attached hydrogens (tertiary/aromatic N) is 3. The molecule has 1 rings (SSSR count). The average Bonchev–Trinajstić information content (AvgIpc) is 2.45. The summed E-state index contributed by atoms with van der Waals surface area (Å²) in [6.07, 6.45) is 1.51. The van der Waals surface area contributed by atoms with Crippen LogP contribution in [0.1, 0.15) is 5.56 Å². The molecule has 0 bridgehead atoms. The highest BCUT2D eigenvalue weighted by molar-refractivity contribution is 5.63. The SMILES string of the molecule is N#CC(C#N)=Cc1ccc(N(CCO)CCO)cc1. The molecule has 0 saturated heterocycles. The molecule has 0 aliphatic rings. The van der Waals surface area contributed by atoms with E-state index in [0.717, 1.165) is 11.3 Å². The minimum absolute atomic E-state index is 0.00860. The maximum Gasteiger partial charge on any atom is 0.130 e. The van der Waals surface area contributed by atoms with Gasteiger partial charge in [-0.05, 0) is 23.8 Å². The number of aliphatic hydroxyl groups excluding tert-OH is 2. The maximum atomic E-state index is 8.96. The summed E-state index contributed by atoms with van der Waals surface area (Å²) >= 11 is 0. The van der Waals surface area contributed by atoms with Crippen molar-refractivity contribution in [2.24, 2.45) is 0 Å². The lowest BCUT2D eigenvalue weighted by molar-refractivity contribution is 0.281. The van der Waals surface area contributed by atoms with E-state index < -0.39 is 0 Å². The van der Waals surface area contributed by atoms with Crippen molar-refractivity contribution < 1.29 is 10.2 Å². The van der Waals surface area contributed by atoms with E-state index in [0.29, 0.717) is 13.1 Å². The smallest absolute Gasteiger partial charge is 0.130 e. The number of hydrogen-bond acceptors (Lipinski definition) is 5. The Bertz CT molecular complexity index is 487. The third-order valence-corrected chi connectivity index (χ3v) is 2.55.